The number of carbonyl (C=O) groups excluding carboxylic acids is 1. The molecule has 0 atom stereocenters. The number of ether oxygens (including phenoxy) is 1. The Hall–Kier alpha value is -2.34. The van der Waals surface area contributed by atoms with E-state index in [4.69, 9.17) is 4.74 Å². The molecule has 1 fully saturated rings. The van der Waals surface area contributed by atoms with Gasteiger partial charge in [-0.25, -0.2) is 0 Å². The van der Waals surface area contributed by atoms with E-state index in [1.165, 1.54) is 12.1 Å². The second-order valence-electron chi connectivity index (χ2n) is 5.53. The van der Waals surface area contributed by atoms with Crippen molar-refractivity contribution in [3.8, 4) is 11.1 Å². The lowest BCUT2D eigenvalue weighted by molar-refractivity contribution is -0.137. The predicted molar refractivity (Wildman–Crippen MR) is 83.6 cm³/mol. The zero-order valence-corrected chi connectivity index (χ0v) is 12.8. The molecule has 0 saturated carbocycles. The normalized spacial score (nSPS) is 15.4. The van der Waals surface area contributed by atoms with Gasteiger partial charge in [-0.15, -0.1) is 0 Å². The van der Waals surface area contributed by atoms with Gasteiger partial charge in [0.25, 0.3) is 5.91 Å². The van der Waals surface area contributed by atoms with Crippen molar-refractivity contribution in [2.45, 2.75) is 6.18 Å². The molecule has 6 heteroatoms. The number of benzene rings is 2. The average Bonchev–Trinajstić information content (AvgIpc) is 2.61. The summed E-state index contributed by atoms with van der Waals surface area (Å²) in [6.07, 6.45) is -4.37. The van der Waals surface area contributed by atoms with Crippen LogP contribution in [0.1, 0.15) is 15.9 Å². The van der Waals surface area contributed by atoms with Crippen molar-refractivity contribution in [1.82, 2.24) is 4.90 Å². The second-order valence-corrected chi connectivity index (χ2v) is 5.53. The van der Waals surface area contributed by atoms with Gasteiger partial charge in [0.2, 0.25) is 0 Å². The first-order valence-electron chi connectivity index (χ1n) is 7.60. The Balaban J connectivity index is 1.93. The van der Waals surface area contributed by atoms with Gasteiger partial charge in [-0.1, -0.05) is 30.3 Å². The molecule has 0 bridgehead atoms. The van der Waals surface area contributed by atoms with E-state index in [0.717, 1.165) is 12.1 Å². The van der Waals surface area contributed by atoms with E-state index in [9.17, 15) is 18.0 Å². The van der Waals surface area contributed by atoms with E-state index in [-0.39, 0.29) is 5.91 Å². The zero-order chi connectivity index (χ0) is 17.2. The topological polar surface area (TPSA) is 29.5 Å². The van der Waals surface area contributed by atoms with Crippen LogP contribution in [0.2, 0.25) is 0 Å². The van der Waals surface area contributed by atoms with E-state index in [1.807, 2.05) is 0 Å². The SMILES string of the molecule is O=C(c1ccccc1-c1ccc(C(F)(F)F)cc1)N1CCOCC1. The van der Waals surface area contributed by atoms with E-state index in [1.54, 1.807) is 29.2 Å². The quantitative estimate of drug-likeness (QED) is 0.834. The summed E-state index contributed by atoms with van der Waals surface area (Å²) in [4.78, 5) is 14.4. The molecule has 3 rings (SSSR count). The van der Waals surface area contributed by atoms with Gasteiger partial charge >= 0.3 is 6.18 Å². The van der Waals surface area contributed by atoms with Crippen LogP contribution in [0, 0.1) is 0 Å². The van der Waals surface area contributed by atoms with Gasteiger partial charge in [-0.3, -0.25) is 4.79 Å². The van der Waals surface area contributed by atoms with Crippen molar-refractivity contribution in [1.29, 1.82) is 0 Å². The first-order valence-corrected chi connectivity index (χ1v) is 7.60. The monoisotopic (exact) mass is 335 g/mol. The summed E-state index contributed by atoms with van der Waals surface area (Å²) in [5, 5.41) is 0. The van der Waals surface area contributed by atoms with Gasteiger partial charge in [0.05, 0.1) is 18.8 Å². The van der Waals surface area contributed by atoms with Crippen molar-refractivity contribution in [2.24, 2.45) is 0 Å². The van der Waals surface area contributed by atoms with Crippen LogP contribution in [0.25, 0.3) is 11.1 Å². The van der Waals surface area contributed by atoms with Crippen LogP contribution in [0.5, 0.6) is 0 Å². The molecule has 0 aromatic heterocycles. The van der Waals surface area contributed by atoms with E-state index in [0.29, 0.717) is 43.0 Å². The number of nitrogens with zero attached hydrogens (tertiary/aromatic N) is 1. The molecule has 2 aromatic carbocycles. The summed E-state index contributed by atoms with van der Waals surface area (Å²) in [7, 11) is 0. The molecule has 1 aliphatic rings. The first kappa shape index (κ1) is 16.5. The van der Waals surface area contributed by atoms with Gasteiger partial charge < -0.3 is 9.64 Å². The molecule has 2 aromatic rings. The maximum absolute atomic E-state index is 12.7. The lowest BCUT2D eigenvalue weighted by Gasteiger charge is -2.27. The smallest absolute Gasteiger partial charge is 0.378 e. The van der Waals surface area contributed by atoms with Crippen molar-refractivity contribution < 1.29 is 22.7 Å². The first-order chi connectivity index (χ1) is 11.5. The van der Waals surface area contributed by atoms with Crippen LogP contribution in [-0.2, 0) is 10.9 Å². The van der Waals surface area contributed by atoms with Crippen LogP contribution in [0.4, 0.5) is 13.2 Å². The van der Waals surface area contributed by atoms with E-state index >= 15 is 0 Å². The molecule has 0 radical (unpaired) electrons. The summed E-state index contributed by atoms with van der Waals surface area (Å²) in [5.41, 5.74) is 0.991. The summed E-state index contributed by atoms with van der Waals surface area (Å²) >= 11 is 0. The lowest BCUT2D eigenvalue weighted by Crippen LogP contribution is -2.40. The van der Waals surface area contributed by atoms with Gasteiger partial charge in [-0.2, -0.15) is 13.2 Å². The number of hydrogen-bond acceptors (Lipinski definition) is 2. The Labute approximate surface area is 137 Å². The fourth-order valence-corrected chi connectivity index (χ4v) is 2.70. The molecular weight excluding hydrogens is 319 g/mol. The van der Waals surface area contributed by atoms with Crippen LogP contribution >= 0.6 is 0 Å². The molecular formula is C18H16F3NO2. The molecule has 1 amide bonds. The third-order valence-electron chi connectivity index (χ3n) is 3.98. The number of morpholine rings is 1. The number of hydrogen-bond donors (Lipinski definition) is 0. The zero-order valence-electron chi connectivity index (χ0n) is 12.8. The summed E-state index contributed by atoms with van der Waals surface area (Å²) < 4.78 is 43.3. The second kappa shape index (κ2) is 6.65. The van der Waals surface area contributed by atoms with Crippen LogP contribution < -0.4 is 0 Å². The summed E-state index contributed by atoms with van der Waals surface area (Å²) in [6, 6.07) is 11.8. The number of alkyl halides is 3. The average molecular weight is 335 g/mol. The minimum Gasteiger partial charge on any atom is -0.378 e. The number of halogens is 3. The Morgan fingerprint density at radius 1 is 0.958 bits per heavy atom. The van der Waals surface area contributed by atoms with Crippen LogP contribution in [0.15, 0.2) is 48.5 Å². The fourth-order valence-electron chi connectivity index (χ4n) is 2.70. The largest absolute Gasteiger partial charge is 0.416 e. The van der Waals surface area contributed by atoms with Crippen molar-refractivity contribution in [2.75, 3.05) is 26.3 Å². The highest BCUT2D eigenvalue weighted by atomic mass is 19.4. The Kier molecular flexibility index (Phi) is 4.57. The standard InChI is InChI=1S/C18H16F3NO2/c19-18(20,21)14-7-5-13(6-8-14)15-3-1-2-4-16(15)17(23)22-9-11-24-12-10-22/h1-8H,9-12H2. The van der Waals surface area contributed by atoms with E-state index < -0.39 is 11.7 Å². The van der Waals surface area contributed by atoms with Gasteiger partial charge in [0.1, 0.15) is 0 Å². The number of carbonyl (C=O) groups is 1. The molecule has 3 nitrogen and oxygen atoms in total. The maximum Gasteiger partial charge on any atom is 0.416 e. The van der Waals surface area contributed by atoms with Crippen molar-refractivity contribution in [3.05, 3.63) is 59.7 Å². The van der Waals surface area contributed by atoms with Crippen LogP contribution in [0.3, 0.4) is 0 Å². The third kappa shape index (κ3) is 3.43. The number of amides is 1. The van der Waals surface area contributed by atoms with E-state index in [2.05, 4.69) is 0 Å². The third-order valence-corrected chi connectivity index (χ3v) is 3.98. The molecule has 1 heterocycles. The number of rotatable bonds is 2. The van der Waals surface area contributed by atoms with Gasteiger partial charge in [-0.05, 0) is 29.3 Å². The minimum absolute atomic E-state index is 0.131. The maximum atomic E-state index is 12.7. The molecule has 0 aliphatic carbocycles. The fraction of sp³-hybridized carbons (Fsp3) is 0.278. The predicted octanol–water partition coefficient (Wildman–Crippen LogP) is 3.84. The Bertz CT molecular complexity index is 720. The molecule has 1 saturated heterocycles. The van der Waals surface area contributed by atoms with Gasteiger partial charge in [0, 0.05) is 18.7 Å². The highest BCUT2D eigenvalue weighted by Gasteiger charge is 2.30. The highest BCUT2D eigenvalue weighted by molar-refractivity contribution is 6.00. The molecule has 0 N–H and O–H groups in total. The summed E-state index contributed by atoms with van der Waals surface area (Å²) in [6.45, 7) is 2.02. The van der Waals surface area contributed by atoms with Crippen molar-refractivity contribution >= 4 is 5.91 Å². The van der Waals surface area contributed by atoms with Gasteiger partial charge in [0.15, 0.2) is 0 Å². The summed E-state index contributed by atoms with van der Waals surface area (Å²) in [5.74, 6) is -0.131. The molecule has 126 valence electrons. The molecule has 0 unspecified atom stereocenters. The molecule has 0 spiro atoms. The van der Waals surface area contributed by atoms with Crippen LogP contribution in [-0.4, -0.2) is 37.1 Å². The minimum atomic E-state index is -4.37. The Morgan fingerprint density at radius 3 is 2.21 bits per heavy atom. The van der Waals surface area contributed by atoms with Crippen molar-refractivity contribution in [3.63, 3.8) is 0 Å². The highest BCUT2D eigenvalue weighted by Crippen LogP contribution is 2.32. The molecule has 24 heavy (non-hydrogen) atoms. The molecule has 1 aliphatic heterocycles. The Morgan fingerprint density at radius 2 is 1.58 bits per heavy atom. The lowest BCUT2D eigenvalue weighted by atomic mass is 9.97.